The van der Waals surface area contributed by atoms with E-state index in [-0.39, 0.29) is 5.82 Å². The fourth-order valence-electron chi connectivity index (χ4n) is 1.41. The molecule has 0 spiro atoms. The molecular formula is C12H13FN4. The van der Waals surface area contributed by atoms with Crippen LogP contribution < -0.4 is 11.1 Å². The van der Waals surface area contributed by atoms with Gasteiger partial charge >= 0.3 is 0 Å². The maximum absolute atomic E-state index is 13.0. The number of hydrogen-bond acceptors (Lipinski definition) is 4. The van der Waals surface area contributed by atoms with Gasteiger partial charge < -0.3 is 11.1 Å². The van der Waals surface area contributed by atoms with Crippen molar-refractivity contribution < 1.29 is 4.39 Å². The number of aromatic nitrogens is 2. The van der Waals surface area contributed by atoms with Gasteiger partial charge in [0.2, 0.25) is 0 Å². The SMILES string of the molecule is NCCNc1cnc(-c2cccc(F)c2)nc1. The van der Waals surface area contributed by atoms with Crippen molar-refractivity contribution in [3.05, 3.63) is 42.5 Å². The molecule has 3 N–H and O–H groups in total. The van der Waals surface area contributed by atoms with E-state index in [2.05, 4.69) is 15.3 Å². The second-order valence-corrected chi connectivity index (χ2v) is 3.52. The van der Waals surface area contributed by atoms with Gasteiger partial charge in [-0.25, -0.2) is 14.4 Å². The molecule has 0 fully saturated rings. The summed E-state index contributed by atoms with van der Waals surface area (Å²) in [6, 6.07) is 6.20. The van der Waals surface area contributed by atoms with Crippen LogP contribution in [-0.4, -0.2) is 23.1 Å². The quantitative estimate of drug-likeness (QED) is 0.841. The molecule has 17 heavy (non-hydrogen) atoms. The van der Waals surface area contributed by atoms with Crippen molar-refractivity contribution in [1.82, 2.24) is 9.97 Å². The zero-order chi connectivity index (χ0) is 12.1. The van der Waals surface area contributed by atoms with E-state index in [9.17, 15) is 4.39 Å². The normalized spacial score (nSPS) is 10.2. The Balaban J connectivity index is 2.17. The summed E-state index contributed by atoms with van der Waals surface area (Å²) in [4.78, 5) is 8.32. The lowest BCUT2D eigenvalue weighted by molar-refractivity contribution is 0.628. The Bertz CT molecular complexity index is 484. The zero-order valence-electron chi connectivity index (χ0n) is 9.23. The molecule has 5 heteroatoms. The smallest absolute Gasteiger partial charge is 0.159 e. The number of rotatable bonds is 4. The van der Waals surface area contributed by atoms with Gasteiger partial charge in [0.1, 0.15) is 5.82 Å². The van der Waals surface area contributed by atoms with Gasteiger partial charge in [-0.2, -0.15) is 0 Å². The van der Waals surface area contributed by atoms with E-state index in [1.807, 2.05) is 0 Å². The van der Waals surface area contributed by atoms with Crippen LogP contribution in [0.25, 0.3) is 11.4 Å². The van der Waals surface area contributed by atoms with E-state index in [0.717, 1.165) is 5.69 Å². The highest BCUT2D eigenvalue weighted by Crippen LogP contribution is 2.16. The molecule has 0 radical (unpaired) electrons. The van der Waals surface area contributed by atoms with Crippen molar-refractivity contribution in [3.8, 4) is 11.4 Å². The predicted molar refractivity (Wildman–Crippen MR) is 65.0 cm³/mol. The van der Waals surface area contributed by atoms with Crippen molar-refractivity contribution in [2.45, 2.75) is 0 Å². The van der Waals surface area contributed by atoms with Crippen LogP contribution in [0.5, 0.6) is 0 Å². The summed E-state index contributed by atoms with van der Waals surface area (Å²) in [6.07, 6.45) is 3.31. The summed E-state index contributed by atoms with van der Waals surface area (Å²) in [5, 5.41) is 3.06. The third-order valence-corrected chi connectivity index (χ3v) is 2.21. The minimum absolute atomic E-state index is 0.295. The monoisotopic (exact) mass is 232 g/mol. The molecule has 4 nitrogen and oxygen atoms in total. The van der Waals surface area contributed by atoms with Crippen molar-refractivity contribution >= 4 is 5.69 Å². The maximum atomic E-state index is 13.0. The Morgan fingerprint density at radius 1 is 1.24 bits per heavy atom. The summed E-state index contributed by atoms with van der Waals surface area (Å²) in [6.45, 7) is 1.22. The first-order valence-corrected chi connectivity index (χ1v) is 5.31. The summed E-state index contributed by atoms with van der Waals surface area (Å²) >= 11 is 0. The molecule has 1 aromatic carbocycles. The topological polar surface area (TPSA) is 63.8 Å². The van der Waals surface area contributed by atoms with Gasteiger partial charge in [-0.15, -0.1) is 0 Å². The molecule has 0 aliphatic carbocycles. The fourth-order valence-corrected chi connectivity index (χ4v) is 1.41. The average molecular weight is 232 g/mol. The minimum atomic E-state index is -0.295. The van der Waals surface area contributed by atoms with Gasteiger partial charge in [0, 0.05) is 18.7 Å². The molecule has 0 amide bonds. The molecule has 2 rings (SSSR count). The molecular weight excluding hydrogens is 219 g/mol. The molecule has 0 aliphatic rings. The van der Waals surface area contributed by atoms with Crippen LogP contribution in [0.3, 0.4) is 0 Å². The number of nitrogens with two attached hydrogens (primary N) is 1. The Morgan fingerprint density at radius 2 is 2.00 bits per heavy atom. The first kappa shape index (κ1) is 11.5. The molecule has 0 saturated carbocycles. The van der Waals surface area contributed by atoms with Crippen LogP contribution in [0.15, 0.2) is 36.7 Å². The van der Waals surface area contributed by atoms with Crippen molar-refractivity contribution in [2.75, 3.05) is 18.4 Å². The molecule has 2 aromatic rings. The number of nitrogens with zero attached hydrogens (tertiary/aromatic N) is 2. The molecule has 0 bridgehead atoms. The van der Waals surface area contributed by atoms with Crippen LogP contribution in [0, 0.1) is 5.82 Å². The van der Waals surface area contributed by atoms with Gasteiger partial charge in [0.05, 0.1) is 18.1 Å². The van der Waals surface area contributed by atoms with E-state index in [1.54, 1.807) is 24.5 Å². The van der Waals surface area contributed by atoms with Crippen LogP contribution >= 0.6 is 0 Å². The average Bonchev–Trinajstić information content (AvgIpc) is 2.37. The van der Waals surface area contributed by atoms with Gasteiger partial charge in [-0.05, 0) is 12.1 Å². The van der Waals surface area contributed by atoms with Crippen molar-refractivity contribution in [2.24, 2.45) is 5.73 Å². The first-order valence-electron chi connectivity index (χ1n) is 5.31. The Morgan fingerprint density at radius 3 is 2.65 bits per heavy atom. The minimum Gasteiger partial charge on any atom is -0.381 e. The maximum Gasteiger partial charge on any atom is 0.159 e. The van der Waals surface area contributed by atoms with Gasteiger partial charge in [0.25, 0.3) is 0 Å². The van der Waals surface area contributed by atoms with Crippen molar-refractivity contribution in [3.63, 3.8) is 0 Å². The van der Waals surface area contributed by atoms with E-state index in [1.165, 1.54) is 12.1 Å². The molecule has 0 unspecified atom stereocenters. The Kier molecular flexibility index (Phi) is 3.62. The van der Waals surface area contributed by atoms with E-state index >= 15 is 0 Å². The zero-order valence-corrected chi connectivity index (χ0v) is 9.23. The van der Waals surface area contributed by atoms with Crippen LogP contribution in [0.1, 0.15) is 0 Å². The summed E-state index contributed by atoms with van der Waals surface area (Å²) < 4.78 is 13.0. The lowest BCUT2D eigenvalue weighted by atomic mass is 10.2. The number of anilines is 1. The summed E-state index contributed by atoms with van der Waals surface area (Å²) in [5.74, 6) is 0.208. The predicted octanol–water partition coefficient (Wildman–Crippen LogP) is 1.65. The molecule has 1 heterocycles. The van der Waals surface area contributed by atoms with Crippen LogP contribution in [0.2, 0.25) is 0 Å². The number of benzene rings is 1. The van der Waals surface area contributed by atoms with E-state index in [0.29, 0.717) is 24.5 Å². The third kappa shape index (κ3) is 2.98. The lowest BCUT2D eigenvalue weighted by Crippen LogP contribution is -2.13. The fraction of sp³-hybridized carbons (Fsp3) is 0.167. The Labute approximate surface area is 98.7 Å². The lowest BCUT2D eigenvalue weighted by Gasteiger charge is -2.04. The molecule has 0 saturated heterocycles. The second-order valence-electron chi connectivity index (χ2n) is 3.52. The number of hydrogen-bond donors (Lipinski definition) is 2. The van der Waals surface area contributed by atoms with Crippen LogP contribution in [-0.2, 0) is 0 Å². The highest BCUT2D eigenvalue weighted by molar-refractivity contribution is 5.55. The summed E-state index contributed by atoms with van der Waals surface area (Å²) in [5.41, 5.74) is 6.83. The molecule has 88 valence electrons. The van der Waals surface area contributed by atoms with Gasteiger partial charge in [-0.3, -0.25) is 0 Å². The number of nitrogens with one attached hydrogen (secondary N) is 1. The van der Waals surface area contributed by atoms with E-state index in [4.69, 9.17) is 5.73 Å². The highest BCUT2D eigenvalue weighted by atomic mass is 19.1. The van der Waals surface area contributed by atoms with Crippen LogP contribution in [0.4, 0.5) is 10.1 Å². The molecule has 0 atom stereocenters. The van der Waals surface area contributed by atoms with Gasteiger partial charge in [0.15, 0.2) is 5.82 Å². The number of halogens is 1. The van der Waals surface area contributed by atoms with Gasteiger partial charge in [-0.1, -0.05) is 12.1 Å². The first-order chi connectivity index (χ1) is 8.29. The Hall–Kier alpha value is -2.01. The van der Waals surface area contributed by atoms with Crippen molar-refractivity contribution in [1.29, 1.82) is 0 Å². The standard InChI is InChI=1S/C12H13FN4/c13-10-3-1-2-9(6-10)12-16-7-11(8-17-12)15-5-4-14/h1-3,6-8,15H,4-5,14H2. The largest absolute Gasteiger partial charge is 0.381 e. The second kappa shape index (κ2) is 5.36. The molecule has 1 aromatic heterocycles. The molecule has 0 aliphatic heterocycles. The summed E-state index contributed by atoms with van der Waals surface area (Å²) in [7, 11) is 0. The van der Waals surface area contributed by atoms with E-state index < -0.39 is 0 Å². The third-order valence-electron chi connectivity index (χ3n) is 2.21. The highest BCUT2D eigenvalue weighted by Gasteiger charge is 2.02.